The molecule has 3 atom stereocenters. The first-order valence-corrected chi connectivity index (χ1v) is 17.0. The Hall–Kier alpha value is -4.86. The Bertz CT molecular complexity index is 1930. The van der Waals surface area contributed by atoms with Crippen LogP contribution in [0, 0.1) is 11.3 Å². The van der Waals surface area contributed by atoms with Crippen LogP contribution < -0.4 is 11.1 Å². The summed E-state index contributed by atoms with van der Waals surface area (Å²) in [4.78, 5) is 46.6. The summed E-state index contributed by atoms with van der Waals surface area (Å²) in [6.07, 6.45) is -1.62. The average Bonchev–Trinajstić information content (AvgIpc) is 3.45. The van der Waals surface area contributed by atoms with Gasteiger partial charge in [0.2, 0.25) is 0 Å². The smallest absolute Gasteiger partial charge is 0.407 e. The standard InChI is InChI=1S/C35H38ClF4N9O3/c1-32(2,35(38,39)40)16-34(22-10-7-19(8-11-22)25-14-42-27(45-25)20-5-6-20)29(50)49(30(41)46-34)26(15-52-31(51)47-33(3,4)17-37)21-9-12-24(36)23(13-21)28-43-18-44-48-28/h7-14,18,20,26-27H,5-6,15-17H2,1-4H3,(H2,41,46)(H,47,51)(H,43,44,48)/t26-,27?,34-/m1/s1. The van der Waals surface area contributed by atoms with Crippen molar-refractivity contribution in [2.45, 2.75) is 76.4 Å². The molecule has 3 aromatic rings. The number of aliphatic imine (C=N–C) groups is 3. The number of hydrogen-bond acceptors (Lipinski definition) is 9. The van der Waals surface area contributed by atoms with E-state index >= 15 is 0 Å². The van der Waals surface area contributed by atoms with E-state index in [4.69, 9.17) is 22.1 Å². The molecule has 1 fully saturated rings. The van der Waals surface area contributed by atoms with Crippen LogP contribution in [0.4, 0.5) is 22.4 Å². The van der Waals surface area contributed by atoms with Crippen molar-refractivity contribution >= 4 is 41.5 Å². The molecule has 6 rings (SSSR count). The molecule has 3 heterocycles. The third-order valence-electron chi connectivity index (χ3n) is 9.42. The minimum absolute atomic E-state index is 0.148. The molecule has 1 unspecified atom stereocenters. The Kier molecular flexibility index (Phi) is 9.66. The number of benzene rings is 2. The number of hydrogen-bond donors (Lipinski definition) is 3. The molecule has 1 aromatic heterocycles. The second-order valence-electron chi connectivity index (χ2n) is 14.5. The number of nitrogens with two attached hydrogens (primary N) is 1. The SMILES string of the molecule is CC(C)(CF)NC(=O)OC[C@H](c1ccc(Cl)c(-c2ncn[nH]2)c1)N1C(=O)[C@@](CC(C)(C)C(F)(F)F)(c2ccc(C3=NC(C4CC4)N=C3)cc2)N=C1N. The predicted molar refractivity (Wildman–Crippen MR) is 187 cm³/mol. The number of nitrogens with one attached hydrogen (secondary N) is 2. The van der Waals surface area contributed by atoms with E-state index < -0.39 is 66.4 Å². The monoisotopic (exact) mass is 743 g/mol. The van der Waals surface area contributed by atoms with Gasteiger partial charge < -0.3 is 15.8 Å². The number of alkyl halides is 4. The number of rotatable bonds is 12. The zero-order valence-corrected chi connectivity index (χ0v) is 29.6. The van der Waals surface area contributed by atoms with Crippen molar-refractivity contribution in [3.05, 3.63) is 70.5 Å². The quantitative estimate of drug-likeness (QED) is 0.185. The summed E-state index contributed by atoms with van der Waals surface area (Å²) in [5.41, 5.74) is 2.84. The largest absolute Gasteiger partial charge is 0.447 e. The molecule has 4 N–H and O–H groups in total. The van der Waals surface area contributed by atoms with Crippen molar-refractivity contribution in [3.63, 3.8) is 0 Å². The predicted octanol–water partition coefficient (Wildman–Crippen LogP) is 6.28. The first-order valence-electron chi connectivity index (χ1n) is 16.6. The van der Waals surface area contributed by atoms with E-state index in [1.54, 1.807) is 42.6 Å². The number of H-pyrrole nitrogens is 1. The number of carbonyl (C=O) groups is 2. The number of halogens is 5. The van der Waals surface area contributed by atoms with Crippen molar-refractivity contribution in [1.82, 2.24) is 25.4 Å². The number of ether oxygens (including phenoxy) is 1. The number of nitrogens with zero attached hydrogens (tertiary/aromatic N) is 6. The zero-order valence-electron chi connectivity index (χ0n) is 28.8. The summed E-state index contributed by atoms with van der Waals surface area (Å²) in [5.74, 6) is -0.588. The fraction of sp³-hybridized carbons (Fsp3) is 0.457. The van der Waals surface area contributed by atoms with Crippen LogP contribution in [-0.2, 0) is 15.1 Å². The van der Waals surface area contributed by atoms with Gasteiger partial charge in [-0.15, -0.1) is 0 Å². The number of amides is 2. The van der Waals surface area contributed by atoms with E-state index in [1.807, 2.05) is 0 Å². The first-order chi connectivity index (χ1) is 24.4. The van der Waals surface area contributed by atoms with Gasteiger partial charge in [0.1, 0.15) is 25.8 Å². The van der Waals surface area contributed by atoms with Crippen molar-refractivity contribution in [1.29, 1.82) is 0 Å². The van der Waals surface area contributed by atoms with Crippen LogP contribution in [0.5, 0.6) is 0 Å². The van der Waals surface area contributed by atoms with Gasteiger partial charge in [0.25, 0.3) is 5.91 Å². The highest BCUT2D eigenvalue weighted by Gasteiger charge is 2.59. The van der Waals surface area contributed by atoms with Gasteiger partial charge in [-0.2, -0.15) is 18.3 Å². The Morgan fingerprint density at radius 2 is 1.87 bits per heavy atom. The van der Waals surface area contributed by atoms with Crippen molar-refractivity contribution in [2.75, 3.05) is 13.3 Å². The highest BCUT2D eigenvalue weighted by atomic mass is 35.5. The Balaban J connectivity index is 1.41. The van der Waals surface area contributed by atoms with Gasteiger partial charge in [0, 0.05) is 23.3 Å². The molecule has 0 bridgehead atoms. The highest BCUT2D eigenvalue weighted by molar-refractivity contribution is 6.39. The zero-order chi connectivity index (χ0) is 37.6. The summed E-state index contributed by atoms with van der Waals surface area (Å²) < 4.78 is 62.6. The van der Waals surface area contributed by atoms with Crippen LogP contribution >= 0.6 is 11.6 Å². The van der Waals surface area contributed by atoms with Crippen LogP contribution in [0.2, 0.25) is 5.02 Å². The molecule has 1 saturated carbocycles. The number of guanidine groups is 1. The summed E-state index contributed by atoms with van der Waals surface area (Å²) in [5, 5.41) is 9.24. The topological polar surface area (TPSA) is 163 Å². The van der Waals surface area contributed by atoms with Crippen LogP contribution in [0.25, 0.3) is 11.4 Å². The van der Waals surface area contributed by atoms with E-state index in [1.165, 1.54) is 26.2 Å². The van der Waals surface area contributed by atoms with Crippen molar-refractivity contribution in [3.8, 4) is 11.4 Å². The second-order valence-corrected chi connectivity index (χ2v) is 14.9. The molecule has 2 amide bonds. The maximum atomic E-state index is 14.9. The van der Waals surface area contributed by atoms with Gasteiger partial charge in [0.15, 0.2) is 17.3 Å². The average molecular weight is 744 g/mol. The molecule has 52 heavy (non-hydrogen) atoms. The lowest BCUT2D eigenvalue weighted by Gasteiger charge is -2.37. The Labute approximate surface area is 302 Å². The summed E-state index contributed by atoms with van der Waals surface area (Å²) in [6, 6.07) is 9.82. The first kappa shape index (κ1) is 36.9. The molecular weight excluding hydrogens is 706 g/mol. The number of aromatic amines is 1. The molecule has 276 valence electrons. The number of aromatic nitrogens is 3. The second kappa shape index (κ2) is 13.6. The van der Waals surface area contributed by atoms with E-state index in [0.717, 1.165) is 31.6 Å². The number of carbonyl (C=O) groups excluding carboxylic acids is 2. The third kappa shape index (κ3) is 7.25. The molecule has 12 nitrogen and oxygen atoms in total. The summed E-state index contributed by atoms with van der Waals surface area (Å²) in [6.45, 7) is 3.43. The van der Waals surface area contributed by atoms with Gasteiger partial charge in [-0.25, -0.2) is 19.2 Å². The van der Waals surface area contributed by atoms with Gasteiger partial charge in [-0.1, -0.05) is 55.8 Å². The van der Waals surface area contributed by atoms with E-state index in [0.29, 0.717) is 28.3 Å². The maximum absolute atomic E-state index is 14.9. The Morgan fingerprint density at radius 1 is 1.15 bits per heavy atom. The molecular formula is C35H38ClF4N9O3. The molecule has 0 saturated heterocycles. The fourth-order valence-electron chi connectivity index (χ4n) is 6.18. The lowest BCUT2D eigenvalue weighted by atomic mass is 9.74. The molecule has 0 radical (unpaired) electrons. The minimum Gasteiger partial charge on any atom is -0.447 e. The molecule has 2 aromatic carbocycles. The maximum Gasteiger partial charge on any atom is 0.407 e. The van der Waals surface area contributed by atoms with Gasteiger partial charge in [-0.05, 0) is 56.4 Å². The third-order valence-corrected chi connectivity index (χ3v) is 9.75. The molecule has 0 spiro atoms. The minimum atomic E-state index is -4.73. The van der Waals surface area contributed by atoms with Gasteiger partial charge in [-0.3, -0.25) is 24.8 Å². The molecule has 3 aliphatic rings. The number of alkyl carbamates (subject to hydrolysis) is 1. The van der Waals surface area contributed by atoms with E-state index in [2.05, 4.69) is 35.5 Å². The van der Waals surface area contributed by atoms with Crippen LogP contribution in [0.3, 0.4) is 0 Å². The van der Waals surface area contributed by atoms with Gasteiger partial charge in [0.05, 0.1) is 27.7 Å². The van der Waals surface area contributed by atoms with Crippen LogP contribution in [0.15, 0.2) is 63.8 Å². The molecule has 17 heteroatoms. The van der Waals surface area contributed by atoms with Crippen molar-refractivity contribution in [2.24, 2.45) is 32.0 Å². The van der Waals surface area contributed by atoms with Crippen LogP contribution in [0.1, 0.15) is 69.7 Å². The normalized spacial score (nSPS) is 21.3. The van der Waals surface area contributed by atoms with Gasteiger partial charge >= 0.3 is 12.3 Å². The Morgan fingerprint density at radius 3 is 2.48 bits per heavy atom. The molecule has 1 aliphatic carbocycles. The summed E-state index contributed by atoms with van der Waals surface area (Å²) >= 11 is 6.48. The highest BCUT2D eigenvalue weighted by Crippen LogP contribution is 2.51. The summed E-state index contributed by atoms with van der Waals surface area (Å²) in [7, 11) is 0. The van der Waals surface area contributed by atoms with E-state index in [9.17, 15) is 27.2 Å². The van der Waals surface area contributed by atoms with E-state index in [-0.39, 0.29) is 22.6 Å². The van der Waals surface area contributed by atoms with Crippen molar-refractivity contribution < 1.29 is 31.9 Å². The van der Waals surface area contributed by atoms with Crippen LogP contribution in [-0.4, -0.2) is 81.1 Å². The lowest BCUT2D eigenvalue weighted by molar-refractivity contribution is -0.218. The molecule has 2 aliphatic heterocycles. The lowest BCUT2D eigenvalue weighted by Crippen LogP contribution is -2.50. The fourth-order valence-corrected chi connectivity index (χ4v) is 6.38.